The molecular weight excluding hydrogens is 371 g/mol. The fourth-order valence-electron chi connectivity index (χ4n) is 2.56. The van der Waals surface area contributed by atoms with Crippen molar-refractivity contribution in [3.63, 3.8) is 0 Å². The minimum atomic E-state index is 0.952. The maximum absolute atomic E-state index is 5.38. The molecule has 21 heavy (non-hydrogen) atoms. The van der Waals surface area contributed by atoms with Gasteiger partial charge in [-0.25, -0.2) is 0 Å². The summed E-state index contributed by atoms with van der Waals surface area (Å²) >= 11 is 2.36. The summed E-state index contributed by atoms with van der Waals surface area (Å²) in [5, 5.41) is 0. The van der Waals surface area contributed by atoms with Crippen molar-refractivity contribution in [1.82, 2.24) is 0 Å². The van der Waals surface area contributed by atoms with Gasteiger partial charge in [-0.15, -0.1) is 0 Å². The van der Waals surface area contributed by atoms with Crippen molar-refractivity contribution < 1.29 is 4.74 Å². The molecule has 0 aliphatic rings. The van der Waals surface area contributed by atoms with Crippen molar-refractivity contribution in [1.29, 1.82) is 0 Å². The summed E-state index contributed by atoms with van der Waals surface area (Å²) in [5.41, 5.74) is 5.30. The van der Waals surface area contributed by atoms with Crippen molar-refractivity contribution in [3.05, 3.63) is 51.1 Å². The van der Waals surface area contributed by atoms with Crippen LogP contribution in [0.1, 0.15) is 37.3 Å². The summed E-state index contributed by atoms with van der Waals surface area (Å²) in [6, 6.07) is 13.2. The molecule has 2 aromatic carbocycles. The van der Waals surface area contributed by atoms with Gasteiger partial charge in [0.15, 0.2) is 0 Å². The topological polar surface area (TPSA) is 9.23 Å². The van der Waals surface area contributed by atoms with E-state index in [2.05, 4.69) is 72.8 Å². The predicted octanol–water partition coefficient (Wildman–Crippen LogP) is 6.01. The van der Waals surface area contributed by atoms with Crippen LogP contribution in [0.5, 0.6) is 5.75 Å². The molecule has 2 aromatic rings. The van der Waals surface area contributed by atoms with Crippen LogP contribution in [0.4, 0.5) is 0 Å². The van der Waals surface area contributed by atoms with Crippen molar-refractivity contribution in [2.45, 2.75) is 39.5 Å². The molecule has 0 amide bonds. The lowest BCUT2D eigenvalue weighted by Crippen LogP contribution is -1.93. The van der Waals surface area contributed by atoms with Gasteiger partial charge in [-0.2, -0.15) is 0 Å². The highest BCUT2D eigenvalue weighted by atomic mass is 127. The van der Waals surface area contributed by atoms with Gasteiger partial charge in [0.25, 0.3) is 0 Å². The van der Waals surface area contributed by atoms with E-state index >= 15 is 0 Å². The molecule has 0 radical (unpaired) electrons. The van der Waals surface area contributed by atoms with Crippen LogP contribution in [0.2, 0.25) is 0 Å². The van der Waals surface area contributed by atoms with Crippen molar-refractivity contribution in [3.8, 4) is 16.9 Å². The standard InChI is InChI=1S/C19H23IO/c1-4-5-6-7-15-8-10-16(11-9-15)17-12-13-18(21-3)19(20)14(17)2/h8-13H,4-7H2,1-3H3. The van der Waals surface area contributed by atoms with Crippen LogP contribution in [0.25, 0.3) is 11.1 Å². The third kappa shape index (κ3) is 4.00. The first-order chi connectivity index (χ1) is 10.2. The number of hydrogen-bond donors (Lipinski definition) is 0. The molecule has 0 fully saturated rings. The number of methoxy groups -OCH3 is 1. The van der Waals surface area contributed by atoms with E-state index in [1.165, 1.54) is 51.5 Å². The molecule has 0 N–H and O–H groups in total. The summed E-state index contributed by atoms with van der Waals surface area (Å²) in [5.74, 6) is 0.952. The van der Waals surface area contributed by atoms with Crippen LogP contribution in [0.15, 0.2) is 36.4 Å². The Morgan fingerprint density at radius 2 is 1.71 bits per heavy atom. The molecule has 0 saturated carbocycles. The number of aryl methyl sites for hydroxylation is 1. The Bertz CT molecular complexity index is 587. The van der Waals surface area contributed by atoms with Crippen LogP contribution in [-0.2, 0) is 6.42 Å². The number of rotatable bonds is 6. The third-order valence-electron chi connectivity index (χ3n) is 3.90. The fraction of sp³-hybridized carbons (Fsp3) is 0.368. The van der Waals surface area contributed by atoms with E-state index < -0.39 is 0 Å². The lowest BCUT2D eigenvalue weighted by Gasteiger charge is -2.12. The normalized spacial score (nSPS) is 10.7. The Hall–Kier alpha value is -1.03. The first-order valence-corrected chi connectivity index (χ1v) is 8.67. The molecule has 2 rings (SSSR count). The van der Waals surface area contributed by atoms with Gasteiger partial charge in [0.05, 0.1) is 10.7 Å². The van der Waals surface area contributed by atoms with Gasteiger partial charge in [0.2, 0.25) is 0 Å². The molecule has 0 aliphatic heterocycles. The van der Waals surface area contributed by atoms with Crippen LogP contribution in [-0.4, -0.2) is 7.11 Å². The zero-order chi connectivity index (χ0) is 15.2. The zero-order valence-corrected chi connectivity index (χ0v) is 15.2. The number of halogens is 1. The van der Waals surface area contributed by atoms with Crippen LogP contribution in [0.3, 0.4) is 0 Å². The highest BCUT2D eigenvalue weighted by Crippen LogP contribution is 2.32. The molecule has 0 heterocycles. The van der Waals surface area contributed by atoms with Gasteiger partial charge in [-0.1, -0.05) is 50.1 Å². The Morgan fingerprint density at radius 1 is 1.00 bits per heavy atom. The van der Waals surface area contributed by atoms with E-state index in [1.807, 2.05) is 0 Å². The Labute approximate surface area is 141 Å². The van der Waals surface area contributed by atoms with E-state index in [9.17, 15) is 0 Å². The van der Waals surface area contributed by atoms with Gasteiger partial charge in [0, 0.05) is 0 Å². The zero-order valence-electron chi connectivity index (χ0n) is 13.1. The molecule has 0 unspecified atom stereocenters. The number of hydrogen-bond acceptors (Lipinski definition) is 1. The van der Waals surface area contributed by atoms with Crippen LogP contribution < -0.4 is 4.74 Å². The molecule has 0 aromatic heterocycles. The molecular formula is C19H23IO. The second-order valence-electron chi connectivity index (χ2n) is 5.41. The molecule has 0 atom stereocenters. The van der Waals surface area contributed by atoms with Crippen molar-refractivity contribution >= 4 is 22.6 Å². The summed E-state index contributed by atoms with van der Waals surface area (Å²) in [6.07, 6.45) is 5.07. The van der Waals surface area contributed by atoms with Gasteiger partial charge in [-0.3, -0.25) is 0 Å². The number of benzene rings is 2. The van der Waals surface area contributed by atoms with Gasteiger partial charge in [-0.05, 0) is 70.7 Å². The maximum atomic E-state index is 5.38. The lowest BCUT2D eigenvalue weighted by molar-refractivity contribution is 0.411. The number of ether oxygens (including phenoxy) is 1. The van der Waals surface area contributed by atoms with Crippen LogP contribution >= 0.6 is 22.6 Å². The van der Waals surface area contributed by atoms with E-state index in [-0.39, 0.29) is 0 Å². The summed E-state index contributed by atoms with van der Waals surface area (Å²) in [6.45, 7) is 4.41. The molecule has 112 valence electrons. The largest absolute Gasteiger partial charge is 0.496 e. The SMILES string of the molecule is CCCCCc1ccc(-c2ccc(OC)c(I)c2C)cc1. The first-order valence-electron chi connectivity index (χ1n) is 7.59. The van der Waals surface area contributed by atoms with Gasteiger partial charge in [0.1, 0.15) is 5.75 Å². The smallest absolute Gasteiger partial charge is 0.132 e. The molecule has 0 spiro atoms. The predicted molar refractivity (Wildman–Crippen MR) is 99.1 cm³/mol. The summed E-state index contributed by atoms with van der Waals surface area (Å²) < 4.78 is 6.58. The minimum Gasteiger partial charge on any atom is -0.496 e. The highest BCUT2D eigenvalue weighted by molar-refractivity contribution is 14.1. The van der Waals surface area contributed by atoms with E-state index in [4.69, 9.17) is 4.74 Å². The average molecular weight is 394 g/mol. The van der Waals surface area contributed by atoms with Crippen LogP contribution in [0, 0.1) is 10.5 Å². The molecule has 1 nitrogen and oxygen atoms in total. The Kier molecular flexibility index (Phi) is 6.09. The highest BCUT2D eigenvalue weighted by Gasteiger charge is 2.09. The quantitative estimate of drug-likeness (QED) is 0.431. The number of unbranched alkanes of at least 4 members (excludes halogenated alkanes) is 2. The first kappa shape index (κ1) is 16.3. The third-order valence-corrected chi connectivity index (χ3v) is 5.25. The maximum Gasteiger partial charge on any atom is 0.132 e. The molecule has 2 heteroatoms. The summed E-state index contributed by atoms with van der Waals surface area (Å²) in [4.78, 5) is 0. The second kappa shape index (κ2) is 7.83. The Balaban J connectivity index is 2.21. The minimum absolute atomic E-state index is 0.952. The van der Waals surface area contributed by atoms with Gasteiger partial charge < -0.3 is 4.74 Å². The van der Waals surface area contributed by atoms with E-state index in [0.29, 0.717) is 0 Å². The monoisotopic (exact) mass is 394 g/mol. The van der Waals surface area contributed by atoms with E-state index in [1.54, 1.807) is 7.11 Å². The molecule has 0 bridgehead atoms. The second-order valence-corrected chi connectivity index (χ2v) is 6.49. The fourth-order valence-corrected chi connectivity index (χ4v) is 3.25. The molecule has 0 saturated heterocycles. The Morgan fingerprint density at radius 3 is 2.33 bits per heavy atom. The van der Waals surface area contributed by atoms with Crippen molar-refractivity contribution in [2.24, 2.45) is 0 Å². The van der Waals surface area contributed by atoms with E-state index in [0.717, 1.165) is 5.75 Å². The molecule has 0 aliphatic carbocycles. The van der Waals surface area contributed by atoms with Gasteiger partial charge >= 0.3 is 0 Å². The lowest BCUT2D eigenvalue weighted by atomic mass is 9.98. The average Bonchev–Trinajstić information content (AvgIpc) is 2.51. The summed E-state index contributed by atoms with van der Waals surface area (Å²) in [7, 11) is 1.72. The van der Waals surface area contributed by atoms with Crippen molar-refractivity contribution in [2.75, 3.05) is 7.11 Å².